The summed E-state index contributed by atoms with van der Waals surface area (Å²) >= 11 is 0. The Balaban J connectivity index is 1.94. The summed E-state index contributed by atoms with van der Waals surface area (Å²) < 4.78 is 0. The van der Waals surface area contributed by atoms with E-state index in [1.807, 2.05) is 36.4 Å². The van der Waals surface area contributed by atoms with Crippen LogP contribution in [0.4, 0.5) is 0 Å². The molecule has 0 saturated heterocycles. The van der Waals surface area contributed by atoms with Crippen LogP contribution < -0.4 is 0 Å². The van der Waals surface area contributed by atoms with Crippen LogP contribution in [0.5, 0.6) is 11.5 Å². The molecule has 27 heavy (non-hydrogen) atoms. The van der Waals surface area contributed by atoms with Crippen molar-refractivity contribution in [2.45, 2.75) is 5.41 Å². The lowest BCUT2D eigenvalue weighted by Crippen LogP contribution is -2.28. The van der Waals surface area contributed by atoms with Crippen molar-refractivity contribution in [1.82, 2.24) is 9.97 Å². The zero-order valence-electron chi connectivity index (χ0n) is 14.4. The van der Waals surface area contributed by atoms with Crippen LogP contribution >= 0.6 is 0 Å². The van der Waals surface area contributed by atoms with Gasteiger partial charge in [0, 0.05) is 12.4 Å². The van der Waals surface area contributed by atoms with E-state index in [0.29, 0.717) is 0 Å². The third-order valence-electron chi connectivity index (χ3n) is 5.25. The first-order valence-corrected chi connectivity index (χ1v) is 8.71. The molecule has 2 aromatic carbocycles. The van der Waals surface area contributed by atoms with Crippen molar-refractivity contribution in [3.63, 3.8) is 0 Å². The predicted octanol–water partition coefficient (Wildman–Crippen LogP) is 4.25. The van der Waals surface area contributed by atoms with Crippen molar-refractivity contribution >= 4 is 0 Å². The third kappa shape index (κ3) is 2.10. The molecule has 0 unspecified atom stereocenters. The summed E-state index contributed by atoms with van der Waals surface area (Å²) in [5, 5.41) is 19.6. The molecule has 0 spiro atoms. The van der Waals surface area contributed by atoms with Crippen LogP contribution in [-0.2, 0) is 5.41 Å². The predicted molar refractivity (Wildman–Crippen MR) is 103 cm³/mol. The van der Waals surface area contributed by atoms with Crippen molar-refractivity contribution in [2.75, 3.05) is 0 Å². The molecule has 0 radical (unpaired) electrons. The number of phenols is 2. The van der Waals surface area contributed by atoms with Crippen LogP contribution in [0.1, 0.15) is 22.3 Å². The smallest absolute Gasteiger partial charge is 0.115 e. The highest BCUT2D eigenvalue weighted by molar-refractivity contribution is 5.81. The molecule has 130 valence electrons. The standard InChI is InChI=1S/C23H16N2O2/c26-17-9-5-15(6-10-17)23(16-7-11-18(27)12-8-16)19-3-1-13-24-21(19)22-20(23)4-2-14-25-22/h1-14,26-27H. The van der Waals surface area contributed by atoms with Crippen molar-refractivity contribution in [3.05, 3.63) is 107 Å². The van der Waals surface area contributed by atoms with Gasteiger partial charge >= 0.3 is 0 Å². The molecule has 0 saturated carbocycles. The van der Waals surface area contributed by atoms with Crippen molar-refractivity contribution in [3.8, 4) is 22.9 Å². The fourth-order valence-corrected chi connectivity index (χ4v) is 4.15. The van der Waals surface area contributed by atoms with Crippen molar-refractivity contribution in [1.29, 1.82) is 0 Å². The average Bonchev–Trinajstić information content (AvgIpc) is 3.01. The van der Waals surface area contributed by atoms with E-state index < -0.39 is 5.41 Å². The SMILES string of the molecule is Oc1ccc(C2(c3ccc(O)cc3)c3cccnc3-c3ncccc32)cc1. The van der Waals surface area contributed by atoms with E-state index in [2.05, 4.69) is 22.1 Å². The van der Waals surface area contributed by atoms with Gasteiger partial charge in [-0.05, 0) is 58.7 Å². The second kappa shape index (κ2) is 5.68. The average molecular weight is 352 g/mol. The van der Waals surface area contributed by atoms with Crippen LogP contribution in [0.3, 0.4) is 0 Å². The fraction of sp³-hybridized carbons (Fsp3) is 0.0435. The number of benzene rings is 2. The van der Waals surface area contributed by atoms with E-state index in [1.165, 1.54) is 0 Å². The number of pyridine rings is 2. The van der Waals surface area contributed by atoms with E-state index >= 15 is 0 Å². The van der Waals surface area contributed by atoms with E-state index in [9.17, 15) is 10.2 Å². The minimum absolute atomic E-state index is 0.218. The van der Waals surface area contributed by atoms with Crippen LogP contribution in [0.2, 0.25) is 0 Å². The molecule has 4 aromatic rings. The lowest BCUT2D eigenvalue weighted by molar-refractivity contribution is 0.475. The first-order chi connectivity index (χ1) is 13.2. The number of fused-ring (bicyclic) bond motifs is 3. The molecular formula is C23H16N2O2. The summed E-state index contributed by atoms with van der Waals surface area (Å²) in [6.45, 7) is 0. The monoisotopic (exact) mass is 352 g/mol. The Bertz CT molecular complexity index is 1040. The van der Waals surface area contributed by atoms with Crippen LogP contribution in [0.25, 0.3) is 11.4 Å². The van der Waals surface area contributed by atoms with Gasteiger partial charge in [0.1, 0.15) is 11.5 Å². The van der Waals surface area contributed by atoms with Gasteiger partial charge in [0.25, 0.3) is 0 Å². The van der Waals surface area contributed by atoms with Gasteiger partial charge in [-0.1, -0.05) is 36.4 Å². The Hall–Kier alpha value is -3.66. The molecular weight excluding hydrogens is 336 g/mol. The third-order valence-corrected chi connectivity index (χ3v) is 5.25. The summed E-state index contributed by atoms with van der Waals surface area (Å²) in [5.41, 5.74) is 5.18. The molecule has 0 aliphatic heterocycles. The zero-order chi connectivity index (χ0) is 18.4. The summed E-state index contributed by atoms with van der Waals surface area (Å²) in [4.78, 5) is 9.24. The van der Waals surface area contributed by atoms with Gasteiger partial charge in [0.2, 0.25) is 0 Å². The van der Waals surface area contributed by atoms with Crippen LogP contribution in [-0.4, -0.2) is 20.2 Å². The molecule has 2 aromatic heterocycles. The van der Waals surface area contributed by atoms with Gasteiger partial charge in [-0.15, -0.1) is 0 Å². The van der Waals surface area contributed by atoms with Crippen molar-refractivity contribution in [2.24, 2.45) is 0 Å². The molecule has 0 atom stereocenters. The lowest BCUT2D eigenvalue weighted by atomic mass is 9.68. The fourth-order valence-electron chi connectivity index (χ4n) is 4.15. The summed E-state index contributed by atoms with van der Waals surface area (Å²) in [6, 6.07) is 22.5. The van der Waals surface area contributed by atoms with E-state index in [4.69, 9.17) is 0 Å². The highest BCUT2D eigenvalue weighted by Crippen LogP contribution is 2.54. The first kappa shape index (κ1) is 15.6. The maximum absolute atomic E-state index is 9.82. The first-order valence-electron chi connectivity index (χ1n) is 8.71. The van der Waals surface area contributed by atoms with Crippen LogP contribution in [0, 0.1) is 0 Å². The molecule has 0 bridgehead atoms. The highest BCUT2D eigenvalue weighted by atomic mass is 16.3. The number of aromatic hydroxyl groups is 2. The number of rotatable bonds is 2. The highest BCUT2D eigenvalue weighted by Gasteiger charge is 2.47. The normalized spacial score (nSPS) is 13.8. The number of nitrogens with zero attached hydrogens (tertiary/aromatic N) is 2. The van der Waals surface area contributed by atoms with Gasteiger partial charge in [-0.25, -0.2) is 0 Å². The number of phenolic OH excluding ortho intramolecular Hbond substituents is 2. The summed E-state index contributed by atoms with van der Waals surface area (Å²) in [5.74, 6) is 0.436. The number of aromatic nitrogens is 2. The molecule has 1 aliphatic rings. The van der Waals surface area contributed by atoms with Gasteiger partial charge < -0.3 is 10.2 Å². The van der Waals surface area contributed by atoms with E-state index in [1.54, 1.807) is 36.7 Å². The maximum Gasteiger partial charge on any atom is 0.115 e. The van der Waals surface area contributed by atoms with Gasteiger partial charge in [0.05, 0.1) is 16.8 Å². The Morgan fingerprint density at radius 2 is 0.963 bits per heavy atom. The van der Waals surface area contributed by atoms with Crippen LogP contribution in [0.15, 0.2) is 85.2 Å². The Morgan fingerprint density at radius 1 is 0.556 bits per heavy atom. The maximum atomic E-state index is 9.82. The Kier molecular flexibility index (Phi) is 3.28. The molecule has 1 aliphatic carbocycles. The molecule has 4 heteroatoms. The quantitative estimate of drug-likeness (QED) is 0.498. The summed E-state index contributed by atoms with van der Waals surface area (Å²) in [7, 11) is 0. The Labute approximate surface area is 156 Å². The number of hydrogen-bond donors (Lipinski definition) is 2. The molecule has 2 heterocycles. The van der Waals surface area contributed by atoms with Gasteiger partial charge in [-0.2, -0.15) is 0 Å². The second-order valence-electron chi connectivity index (χ2n) is 6.64. The molecule has 4 nitrogen and oxygen atoms in total. The molecule has 0 amide bonds. The minimum atomic E-state index is -0.616. The minimum Gasteiger partial charge on any atom is -0.508 e. The van der Waals surface area contributed by atoms with Crippen molar-refractivity contribution < 1.29 is 10.2 Å². The second-order valence-corrected chi connectivity index (χ2v) is 6.64. The summed E-state index contributed by atoms with van der Waals surface area (Å²) in [6.07, 6.45) is 3.56. The van der Waals surface area contributed by atoms with Gasteiger partial charge in [0.15, 0.2) is 0 Å². The molecule has 5 rings (SSSR count). The largest absolute Gasteiger partial charge is 0.508 e. The lowest BCUT2D eigenvalue weighted by Gasteiger charge is -2.33. The Morgan fingerprint density at radius 3 is 1.37 bits per heavy atom. The zero-order valence-corrected chi connectivity index (χ0v) is 14.4. The number of hydrogen-bond acceptors (Lipinski definition) is 4. The van der Waals surface area contributed by atoms with E-state index in [-0.39, 0.29) is 11.5 Å². The van der Waals surface area contributed by atoms with E-state index in [0.717, 1.165) is 33.6 Å². The van der Waals surface area contributed by atoms with Gasteiger partial charge in [-0.3, -0.25) is 9.97 Å². The molecule has 2 N–H and O–H groups in total. The molecule has 0 fully saturated rings. The topological polar surface area (TPSA) is 66.2 Å².